The molecule has 1 rings (SSSR count). The van der Waals surface area contributed by atoms with Crippen LogP contribution in [0.4, 0.5) is 0 Å². The Morgan fingerprint density at radius 3 is 3.00 bits per heavy atom. The maximum Gasteiger partial charge on any atom is 0.109 e. The van der Waals surface area contributed by atoms with Crippen LogP contribution >= 0.6 is 11.6 Å². The Kier molecular flexibility index (Phi) is 2.97. The van der Waals surface area contributed by atoms with Gasteiger partial charge in [-0.25, -0.2) is 0 Å². The second-order valence-corrected chi connectivity index (χ2v) is 2.82. The molecule has 0 aliphatic carbocycles. The van der Waals surface area contributed by atoms with Crippen molar-refractivity contribution in [3.05, 3.63) is 22.9 Å². The van der Waals surface area contributed by atoms with Gasteiger partial charge in [-0.3, -0.25) is 0 Å². The molecular formula is C8H13ClN2. The van der Waals surface area contributed by atoms with Gasteiger partial charge in [-0.15, -0.1) is 0 Å². The van der Waals surface area contributed by atoms with Crippen LogP contribution in [0.15, 0.2) is 22.9 Å². The standard InChI is InChI=1S/C8H13ClN2/c1-2-11-5-3-4-7(6-10)8(11)9/h3-4H,2,5-6,10H2,1H3. The molecule has 11 heavy (non-hydrogen) atoms. The first-order valence-electron chi connectivity index (χ1n) is 3.79. The van der Waals surface area contributed by atoms with E-state index in [1.165, 1.54) is 0 Å². The Labute approximate surface area is 72.3 Å². The van der Waals surface area contributed by atoms with E-state index in [9.17, 15) is 0 Å². The summed E-state index contributed by atoms with van der Waals surface area (Å²) in [6, 6.07) is 0. The third kappa shape index (κ3) is 1.76. The van der Waals surface area contributed by atoms with Gasteiger partial charge in [0, 0.05) is 25.2 Å². The van der Waals surface area contributed by atoms with Gasteiger partial charge in [-0.2, -0.15) is 0 Å². The Morgan fingerprint density at radius 2 is 2.45 bits per heavy atom. The highest BCUT2D eigenvalue weighted by atomic mass is 35.5. The topological polar surface area (TPSA) is 29.3 Å². The average molecular weight is 173 g/mol. The summed E-state index contributed by atoms with van der Waals surface area (Å²) >= 11 is 6.02. The fourth-order valence-corrected chi connectivity index (χ4v) is 1.42. The molecular weight excluding hydrogens is 160 g/mol. The lowest BCUT2D eigenvalue weighted by Crippen LogP contribution is -2.25. The second kappa shape index (κ2) is 3.79. The van der Waals surface area contributed by atoms with Crippen LogP contribution in [-0.4, -0.2) is 24.5 Å². The molecule has 0 spiro atoms. The molecule has 0 bridgehead atoms. The monoisotopic (exact) mass is 172 g/mol. The first-order valence-corrected chi connectivity index (χ1v) is 4.17. The van der Waals surface area contributed by atoms with Crippen molar-refractivity contribution in [1.82, 2.24) is 4.90 Å². The molecule has 1 heterocycles. The van der Waals surface area contributed by atoms with E-state index in [1.54, 1.807) is 0 Å². The van der Waals surface area contributed by atoms with Crippen molar-refractivity contribution in [2.24, 2.45) is 5.73 Å². The van der Waals surface area contributed by atoms with E-state index < -0.39 is 0 Å². The summed E-state index contributed by atoms with van der Waals surface area (Å²) in [4.78, 5) is 2.09. The number of rotatable bonds is 2. The summed E-state index contributed by atoms with van der Waals surface area (Å²) in [6.45, 7) is 4.44. The van der Waals surface area contributed by atoms with Gasteiger partial charge in [0.15, 0.2) is 0 Å². The van der Waals surface area contributed by atoms with Crippen molar-refractivity contribution in [3.63, 3.8) is 0 Å². The highest BCUT2D eigenvalue weighted by Crippen LogP contribution is 2.18. The van der Waals surface area contributed by atoms with E-state index >= 15 is 0 Å². The van der Waals surface area contributed by atoms with Gasteiger partial charge in [-0.1, -0.05) is 23.8 Å². The molecule has 0 aromatic rings. The Bertz CT molecular complexity index is 196. The molecule has 0 aromatic carbocycles. The van der Waals surface area contributed by atoms with E-state index in [0.717, 1.165) is 23.8 Å². The lowest BCUT2D eigenvalue weighted by Gasteiger charge is -2.25. The van der Waals surface area contributed by atoms with E-state index in [2.05, 4.69) is 17.9 Å². The fourth-order valence-electron chi connectivity index (χ4n) is 1.09. The maximum absolute atomic E-state index is 6.02. The smallest absolute Gasteiger partial charge is 0.109 e. The van der Waals surface area contributed by atoms with Crippen molar-refractivity contribution < 1.29 is 0 Å². The average Bonchev–Trinajstić information content (AvgIpc) is 2.05. The van der Waals surface area contributed by atoms with Gasteiger partial charge in [0.2, 0.25) is 0 Å². The Balaban J connectivity index is 2.78. The number of nitrogens with zero attached hydrogens (tertiary/aromatic N) is 1. The van der Waals surface area contributed by atoms with E-state index in [-0.39, 0.29) is 0 Å². The predicted molar refractivity (Wildman–Crippen MR) is 48.3 cm³/mol. The summed E-state index contributed by atoms with van der Waals surface area (Å²) in [5.41, 5.74) is 6.52. The van der Waals surface area contributed by atoms with Crippen LogP contribution in [0.5, 0.6) is 0 Å². The molecule has 2 N–H and O–H groups in total. The van der Waals surface area contributed by atoms with Gasteiger partial charge in [0.05, 0.1) is 0 Å². The molecule has 0 saturated carbocycles. The van der Waals surface area contributed by atoms with Gasteiger partial charge in [-0.05, 0) is 6.92 Å². The van der Waals surface area contributed by atoms with Crippen LogP contribution in [0.3, 0.4) is 0 Å². The predicted octanol–water partition coefficient (Wildman–Crippen LogP) is 1.29. The molecule has 62 valence electrons. The summed E-state index contributed by atoms with van der Waals surface area (Å²) in [5, 5.41) is 0.803. The minimum absolute atomic E-state index is 0.520. The Morgan fingerprint density at radius 1 is 1.73 bits per heavy atom. The zero-order chi connectivity index (χ0) is 8.27. The van der Waals surface area contributed by atoms with Gasteiger partial charge in [0.1, 0.15) is 5.16 Å². The van der Waals surface area contributed by atoms with E-state index in [0.29, 0.717) is 6.54 Å². The number of hydrogen-bond acceptors (Lipinski definition) is 2. The Hall–Kier alpha value is -0.470. The second-order valence-electron chi connectivity index (χ2n) is 2.46. The number of likely N-dealkylation sites (N-methyl/N-ethyl adjacent to an activating group) is 1. The third-order valence-corrected chi connectivity index (χ3v) is 2.27. The van der Waals surface area contributed by atoms with Crippen molar-refractivity contribution >= 4 is 11.6 Å². The van der Waals surface area contributed by atoms with Crippen LogP contribution in [0.1, 0.15) is 6.92 Å². The van der Waals surface area contributed by atoms with Crippen molar-refractivity contribution in [2.45, 2.75) is 6.92 Å². The van der Waals surface area contributed by atoms with Crippen LogP contribution in [0.2, 0.25) is 0 Å². The summed E-state index contributed by atoms with van der Waals surface area (Å²) in [6.07, 6.45) is 4.08. The molecule has 3 heteroatoms. The fraction of sp³-hybridized carbons (Fsp3) is 0.500. The van der Waals surface area contributed by atoms with Crippen LogP contribution in [0.25, 0.3) is 0 Å². The highest BCUT2D eigenvalue weighted by molar-refractivity contribution is 6.29. The normalized spacial score (nSPS) is 17.9. The van der Waals surface area contributed by atoms with Crippen molar-refractivity contribution in [2.75, 3.05) is 19.6 Å². The lowest BCUT2D eigenvalue weighted by molar-refractivity contribution is 0.418. The summed E-state index contributed by atoms with van der Waals surface area (Å²) < 4.78 is 0. The first kappa shape index (κ1) is 8.62. The van der Waals surface area contributed by atoms with Gasteiger partial charge >= 0.3 is 0 Å². The largest absolute Gasteiger partial charge is 0.359 e. The molecule has 0 radical (unpaired) electrons. The number of hydrogen-bond donors (Lipinski definition) is 1. The third-order valence-electron chi connectivity index (χ3n) is 1.79. The molecule has 0 aromatic heterocycles. The summed E-state index contributed by atoms with van der Waals surface area (Å²) in [7, 11) is 0. The van der Waals surface area contributed by atoms with E-state index in [4.69, 9.17) is 17.3 Å². The molecule has 0 saturated heterocycles. The minimum Gasteiger partial charge on any atom is -0.359 e. The maximum atomic E-state index is 6.02. The zero-order valence-corrected chi connectivity index (χ0v) is 7.43. The zero-order valence-electron chi connectivity index (χ0n) is 6.68. The van der Waals surface area contributed by atoms with Gasteiger partial charge < -0.3 is 10.6 Å². The van der Waals surface area contributed by atoms with Gasteiger partial charge in [0.25, 0.3) is 0 Å². The van der Waals surface area contributed by atoms with Crippen molar-refractivity contribution in [1.29, 1.82) is 0 Å². The molecule has 0 fully saturated rings. The van der Waals surface area contributed by atoms with Crippen LogP contribution < -0.4 is 5.73 Å². The molecule has 2 nitrogen and oxygen atoms in total. The number of halogens is 1. The number of nitrogens with two attached hydrogens (primary N) is 1. The quantitative estimate of drug-likeness (QED) is 0.636. The molecule has 0 atom stereocenters. The lowest BCUT2D eigenvalue weighted by atomic mass is 10.2. The van der Waals surface area contributed by atoms with Crippen molar-refractivity contribution in [3.8, 4) is 0 Å². The summed E-state index contributed by atoms with van der Waals surface area (Å²) in [5.74, 6) is 0. The molecule has 0 amide bonds. The molecule has 0 unspecified atom stereocenters. The minimum atomic E-state index is 0.520. The highest BCUT2D eigenvalue weighted by Gasteiger charge is 2.10. The first-order chi connectivity index (χ1) is 5.29. The van der Waals surface area contributed by atoms with E-state index in [1.807, 2.05) is 6.08 Å². The SMILES string of the molecule is CCN1CC=CC(CN)=C1Cl. The van der Waals surface area contributed by atoms with Crippen LogP contribution in [0, 0.1) is 0 Å². The molecule has 1 aliphatic rings. The molecule has 1 aliphatic heterocycles. The van der Waals surface area contributed by atoms with Crippen LogP contribution in [-0.2, 0) is 0 Å².